The van der Waals surface area contributed by atoms with E-state index in [1.165, 1.54) is 17.0 Å². The Labute approximate surface area is 185 Å². The first-order valence-electron chi connectivity index (χ1n) is 10.6. The van der Waals surface area contributed by atoms with E-state index in [0.717, 1.165) is 11.1 Å². The molecule has 8 heteroatoms. The van der Waals surface area contributed by atoms with Gasteiger partial charge in [0, 0.05) is 5.39 Å². The summed E-state index contributed by atoms with van der Waals surface area (Å²) in [6.45, 7) is 6.03. The van der Waals surface area contributed by atoms with Gasteiger partial charge in [-0.15, -0.1) is 0 Å². The van der Waals surface area contributed by atoms with Gasteiger partial charge in [-0.05, 0) is 29.2 Å². The molecule has 0 unspecified atom stereocenters. The minimum atomic E-state index is -1.01. The van der Waals surface area contributed by atoms with E-state index in [-0.39, 0.29) is 30.5 Å². The van der Waals surface area contributed by atoms with Crippen molar-refractivity contribution in [3.8, 4) is 0 Å². The van der Waals surface area contributed by atoms with Crippen LogP contribution in [0.1, 0.15) is 36.8 Å². The van der Waals surface area contributed by atoms with Gasteiger partial charge < -0.3 is 10.2 Å². The molecule has 1 atom stereocenters. The first kappa shape index (κ1) is 21.9. The van der Waals surface area contributed by atoms with E-state index in [1.54, 1.807) is 22.9 Å². The maximum atomic E-state index is 13.3. The maximum Gasteiger partial charge on any atom is 0.273 e. The van der Waals surface area contributed by atoms with Gasteiger partial charge in [-0.3, -0.25) is 14.3 Å². The Morgan fingerprint density at radius 1 is 1.12 bits per heavy atom. The van der Waals surface area contributed by atoms with Crippen LogP contribution in [-0.4, -0.2) is 51.8 Å². The molecule has 0 spiro atoms. The minimum Gasteiger partial charge on any atom is -0.338 e. The first-order valence-corrected chi connectivity index (χ1v) is 10.6. The third-order valence-electron chi connectivity index (χ3n) is 5.66. The number of nitrogens with zero attached hydrogens (tertiary/aromatic N) is 3. The number of rotatable bonds is 5. The van der Waals surface area contributed by atoms with E-state index in [0.29, 0.717) is 11.9 Å². The lowest BCUT2D eigenvalue weighted by molar-refractivity contribution is -0.143. The lowest BCUT2D eigenvalue weighted by Gasteiger charge is -2.40. The van der Waals surface area contributed by atoms with Gasteiger partial charge in [-0.25, -0.2) is 8.78 Å². The van der Waals surface area contributed by atoms with E-state index in [4.69, 9.17) is 0 Å². The molecule has 2 heterocycles. The second kappa shape index (κ2) is 8.33. The van der Waals surface area contributed by atoms with Crippen molar-refractivity contribution in [1.29, 1.82) is 0 Å². The lowest BCUT2D eigenvalue weighted by atomic mass is 9.85. The third kappa shape index (κ3) is 4.35. The van der Waals surface area contributed by atoms with Gasteiger partial charge in [0.2, 0.25) is 5.91 Å². The molecule has 0 radical (unpaired) electrons. The number of para-hydroxylation sites is 1. The highest BCUT2D eigenvalue weighted by Crippen LogP contribution is 2.26. The van der Waals surface area contributed by atoms with E-state index in [2.05, 4.69) is 10.4 Å². The summed E-state index contributed by atoms with van der Waals surface area (Å²) in [5, 5.41) is 8.01. The largest absolute Gasteiger partial charge is 0.338 e. The second-order valence-electron chi connectivity index (χ2n) is 9.26. The Balaban J connectivity index is 1.62. The van der Waals surface area contributed by atoms with Crippen molar-refractivity contribution >= 4 is 22.7 Å². The summed E-state index contributed by atoms with van der Waals surface area (Å²) in [6.07, 6.45) is -1.01. The van der Waals surface area contributed by atoms with Crippen molar-refractivity contribution in [2.45, 2.75) is 39.5 Å². The number of hydrogen-bond donors (Lipinski definition) is 1. The molecule has 2 aromatic carbocycles. The van der Waals surface area contributed by atoms with Crippen molar-refractivity contribution in [3.63, 3.8) is 0 Å². The van der Waals surface area contributed by atoms with Crippen LogP contribution < -0.4 is 5.32 Å². The van der Waals surface area contributed by atoms with Crippen molar-refractivity contribution in [2.24, 2.45) is 5.41 Å². The zero-order valence-corrected chi connectivity index (χ0v) is 18.3. The summed E-state index contributed by atoms with van der Waals surface area (Å²) in [6, 6.07) is 12.6. The van der Waals surface area contributed by atoms with Crippen LogP contribution >= 0.6 is 0 Å². The smallest absolute Gasteiger partial charge is 0.273 e. The fourth-order valence-corrected chi connectivity index (χ4v) is 3.81. The predicted octanol–water partition coefficient (Wildman–Crippen LogP) is 3.55. The molecule has 2 amide bonds. The van der Waals surface area contributed by atoms with Crippen LogP contribution in [0.5, 0.6) is 0 Å². The number of alkyl halides is 1. The normalized spacial score (nSPS) is 15.5. The van der Waals surface area contributed by atoms with Crippen LogP contribution in [0.15, 0.2) is 48.5 Å². The molecular formula is C24H26F2N4O2. The van der Waals surface area contributed by atoms with Crippen LogP contribution in [0.4, 0.5) is 8.78 Å². The molecule has 0 saturated carbocycles. The number of likely N-dealkylation sites (tertiary alicyclic amines) is 1. The number of carbonyl (C=O) groups is 2. The molecule has 1 aromatic heterocycles. The molecule has 1 aliphatic heterocycles. The average Bonchev–Trinajstić information content (AvgIpc) is 3.08. The third-order valence-corrected chi connectivity index (χ3v) is 5.66. The molecule has 1 fully saturated rings. The summed E-state index contributed by atoms with van der Waals surface area (Å²) < 4.78 is 28.2. The van der Waals surface area contributed by atoms with E-state index in [1.807, 2.05) is 39.0 Å². The number of nitrogens with one attached hydrogen (secondary N) is 1. The van der Waals surface area contributed by atoms with Gasteiger partial charge in [0.25, 0.3) is 5.91 Å². The molecule has 1 aliphatic rings. The first-order chi connectivity index (χ1) is 15.1. The molecule has 32 heavy (non-hydrogen) atoms. The molecule has 1 N–H and O–H groups in total. The standard InChI is InChI=1S/C24H26F2N4O2/c1-24(2,3)21(23(32)29-13-17(26)14-29)27-22(31)20-18-6-4-5-7-19(18)30(28-20)12-15-8-10-16(25)11-9-15/h4-11,17,21H,12-14H2,1-3H3,(H,27,31)/t21-/m1/s1. The van der Waals surface area contributed by atoms with Crippen LogP contribution in [0.25, 0.3) is 10.9 Å². The maximum absolute atomic E-state index is 13.3. The van der Waals surface area contributed by atoms with Crippen molar-refractivity contribution in [3.05, 3.63) is 65.6 Å². The van der Waals surface area contributed by atoms with Gasteiger partial charge in [0.15, 0.2) is 5.69 Å². The number of fused-ring (bicyclic) bond motifs is 1. The van der Waals surface area contributed by atoms with Gasteiger partial charge >= 0.3 is 0 Å². The fourth-order valence-electron chi connectivity index (χ4n) is 3.81. The van der Waals surface area contributed by atoms with Crippen LogP contribution in [-0.2, 0) is 11.3 Å². The van der Waals surface area contributed by atoms with Gasteiger partial charge in [-0.1, -0.05) is 51.1 Å². The molecular weight excluding hydrogens is 414 g/mol. The Kier molecular flexibility index (Phi) is 5.71. The number of halogens is 2. The highest BCUT2D eigenvalue weighted by molar-refractivity contribution is 6.06. The molecule has 1 saturated heterocycles. The van der Waals surface area contributed by atoms with Crippen molar-refractivity contribution in [1.82, 2.24) is 20.0 Å². The lowest BCUT2D eigenvalue weighted by Crippen LogP contribution is -2.61. The predicted molar refractivity (Wildman–Crippen MR) is 117 cm³/mol. The summed E-state index contributed by atoms with van der Waals surface area (Å²) >= 11 is 0. The van der Waals surface area contributed by atoms with E-state index < -0.39 is 23.5 Å². The summed E-state index contributed by atoms with van der Waals surface area (Å²) in [7, 11) is 0. The quantitative estimate of drug-likeness (QED) is 0.660. The number of aromatic nitrogens is 2. The Morgan fingerprint density at radius 2 is 1.78 bits per heavy atom. The Bertz CT molecular complexity index is 1150. The highest BCUT2D eigenvalue weighted by Gasteiger charge is 2.40. The Hall–Kier alpha value is -3.29. The molecule has 0 bridgehead atoms. The minimum absolute atomic E-state index is 0.0521. The van der Waals surface area contributed by atoms with Crippen LogP contribution in [0.2, 0.25) is 0 Å². The zero-order chi connectivity index (χ0) is 23.0. The monoisotopic (exact) mass is 440 g/mol. The highest BCUT2D eigenvalue weighted by atomic mass is 19.1. The molecule has 4 rings (SSSR count). The van der Waals surface area contributed by atoms with Gasteiger partial charge in [0.1, 0.15) is 18.0 Å². The second-order valence-corrected chi connectivity index (χ2v) is 9.26. The van der Waals surface area contributed by atoms with Crippen molar-refractivity contribution in [2.75, 3.05) is 13.1 Å². The van der Waals surface area contributed by atoms with Crippen molar-refractivity contribution < 1.29 is 18.4 Å². The number of carbonyl (C=O) groups excluding carboxylic acids is 2. The topological polar surface area (TPSA) is 67.2 Å². The molecule has 0 aliphatic carbocycles. The van der Waals surface area contributed by atoms with Crippen LogP contribution in [0.3, 0.4) is 0 Å². The van der Waals surface area contributed by atoms with Crippen LogP contribution in [0, 0.1) is 11.2 Å². The molecule has 6 nitrogen and oxygen atoms in total. The number of amides is 2. The molecule has 168 valence electrons. The SMILES string of the molecule is CC(C)(C)[C@H](NC(=O)c1nn(Cc2ccc(F)cc2)c2ccccc12)C(=O)N1CC(F)C1. The summed E-state index contributed by atoms with van der Waals surface area (Å²) in [4.78, 5) is 27.6. The van der Waals surface area contributed by atoms with E-state index >= 15 is 0 Å². The average molecular weight is 440 g/mol. The summed E-state index contributed by atoms with van der Waals surface area (Å²) in [5.41, 5.74) is 1.23. The van der Waals surface area contributed by atoms with E-state index in [9.17, 15) is 18.4 Å². The van der Waals surface area contributed by atoms with Gasteiger partial charge in [-0.2, -0.15) is 5.10 Å². The number of benzene rings is 2. The fraction of sp³-hybridized carbons (Fsp3) is 0.375. The molecule has 3 aromatic rings. The Morgan fingerprint density at radius 3 is 2.41 bits per heavy atom. The number of hydrogen-bond acceptors (Lipinski definition) is 3. The van der Waals surface area contributed by atoms with Gasteiger partial charge in [0.05, 0.1) is 25.2 Å². The zero-order valence-electron chi connectivity index (χ0n) is 18.3. The summed E-state index contributed by atoms with van der Waals surface area (Å²) in [5.74, 6) is -1.09.